The molecule has 3 unspecified atom stereocenters. The van der Waals surface area contributed by atoms with Gasteiger partial charge in [-0.3, -0.25) is 24.0 Å². The lowest BCUT2D eigenvalue weighted by Gasteiger charge is -2.30. The molecule has 2 aliphatic heterocycles. The van der Waals surface area contributed by atoms with Gasteiger partial charge in [0, 0.05) is 35.7 Å². The second-order valence-corrected chi connectivity index (χ2v) is 13.0. The Morgan fingerprint density at radius 1 is 0.706 bits per heavy atom. The number of benzene rings is 3. The Kier molecular flexibility index (Phi) is 12.0. The van der Waals surface area contributed by atoms with Crippen LogP contribution in [0.4, 0.5) is 21.9 Å². The maximum absolute atomic E-state index is 13.3. The van der Waals surface area contributed by atoms with Crippen molar-refractivity contribution in [2.24, 2.45) is 5.92 Å². The number of likely N-dealkylation sites (tertiary alicyclic amines) is 2. The Hall–Kier alpha value is -5.72. The van der Waals surface area contributed by atoms with E-state index in [1.54, 1.807) is 53.4 Å². The van der Waals surface area contributed by atoms with E-state index in [4.69, 9.17) is 0 Å². The fraction of sp³-hybridized carbons (Fsp3) is 0.368. The molecule has 6 amide bonds. The largest absolute Gasteiger partial charge is 0.453 e. The quantitative estimate of drug-likeness (QED) is 0.230. The number of anilines is 3. The number of alkyl carbamates (subject to hydrolysis) is 1. The van der Waals surface area contributed by atoms with E-state index in [0.29, 0.717) is 55.0 Å². The lowest BCUT2D eigenvalue weighted by atomic mass is 10.0. The smallest absolute Gasteiger partial charge is 0.407 e. The first-order valence-electron chi connectivity index (χ1n) is 17.2. The molecule has 0 saturated carbocycles. The van der Waals surface area contributed by atoms with Crippen molar-refractivity contribution in [3.63, 3.8) is 0 Å². The van der Waals surface area contributed by atoms with Gasteiger partial charge < -0.3 is 35.8 Å². The molecule has 2 heterocycles. The summed E-state index contributed by atoms with van der Waals surface area (Å²) in [6, 6.07) is 20.5. The minimum absolute atomic E-state index is 0.0835. The van der Waals surface area contributed by atoms with Gasteiger partial charge in [-0.05, 0) is 85.7 Å². The molecule has 0 radical (unpaired) electrons. The zero-order chi connectivity index (χ0) is 36.5. The molecule has 0 aromatic heterocycles. The highest BCUT2D eigenvalue weighted by Gasteiger charge is 2.39. The van der Waals surface area contributed by atoms with Gasteiger partial charge in [-0.2, -0.15) is 0 Å². The number of rotatable bonds is 11. The van der Waals surface area contributed by atoms with E-state index in [2.05, 4.69) is 26.0 Å². The SMILES string of the molecule is COC(=O)NC(C(=O)N1CCCC1C(=O)Nc1ccc(NC(=O)c2ccc(NC(=O)C3CCCN3C(=O)Cc3ccccc3)cc2)cc1)C(C)C. The van der Waals surface area contributed by atoms with Gasteiger partial charge in [0.1, 0.15) is 18.1 Å². The number of amides is 6. The number of hydrogen-bond donors (Lipinski definition) is 4. The van der Waals surface area contributed by atoms with Crippen molar-refractivity contribution in [2.75, 3.05) is 36.1 Å². The lowest BCUT2D eigenvalue weighted by Crippen LogP contribution is -2.54. The zero-order valence-electron chi connectivity index (χ0n) is 29.0. The Morgan fingerprint density at radius 2 is 1.22 bits per heavy atom. The highest BCUT2D eigenvalue weighted by molar-refractivity contribution is 6.05. The second-order valence-electron chi connectivity index (χ2n) is 13.0. The Labute approximate surface area is 297 Å². The fourth-order valence-electron chi connectivity index (χ4n) is 6.39. The molecular weight excluding hydrogens is 652 g/mol. The second kappa shape index (κ2) is 16.8. The number of carbonyl (C=O) groups excluding carboxylic acids is 6. The summed E-state index contributed by atoms with van der Waals surface area (Å²) < 4.78 is 4.66. The predicted molar refractivity (Wildman–Crippen MR) is 192 cm³/mol. The first kappa shape index (κ1) is 36.6. The Morgan fingerprint density at radius 3 is 1.76 bits per heavy atom. The molecule has 268 valence electrons. The number of hydrogen-bond acceptors (Lipinski definition) is 7. The monoisotopic (exact) mass is 696 g/mol. The average Bonchev–Trinajstić information content (AvgIpc) is 3.83. The van der Waals surface area contributed by atoms with E-state index >= 15 is 0 Å². The van der Waals surface area contributed by atoms with E-state index in [0.717, 1.165) is 12.0 Å². The highest BCUT2D eigenvalue weighted by atomic mass is 16.5. The highest BCUT2D eigenvalue weighted by Crippen LogP contribution is 2.24. The van der Waals surface area contributed by atoms with Crippen LogP contribution in [-0.2, 0) is 30.3 Å². The van der Waals surface area contributed by atoms with Crippen LogP contribution in [0.1, 0.15) is 55.5 Å². The molecule has 2 fully saturated rings. The molecule has 4 N–H and O–H groups in total. The minimum Gasteiger partial charge on any atom is -0.453 e. The maximum atomic E-state index is 13.3. The van der Waals surface area contributed by atoms with Crippen LogP contribution >= 0.6 is 0 Å². The summed E-state index contributed by atoms with van der Waals surface area (Å²) in [4.78, 5) is 80.4. The number of nitrogens with zero attached hydrogens (tertiary/aromatic N) is 2. The van der Waals surface area contributed by atoms with Crippen LogP contribution in [0.25, 0.3) is 0 Å². The van der Waals surface area contributed by atoms with Gasteiger partial charge in [-0.1, -0.05) is 44.2 Å². The van der Waals surface area contributed by atoms with Crippen LogP contribution in [-0.4, -0.2) is 83.8 Å². The summed E-state index contributed by atoms with van der Waals surface area (Å²) in [7, 11) is 1.23. The molecule has 3 aromatic carbocycles. The van der Waals surface area contributed by atoms with Gasteiger partial charge in [0.25, 0.3) is 5.91 Å². The van der Waals surface area contributed by atoms with Crippen LogP contribution in [0.5, 0.6) is 0 Å². The van der Waals surface area contributed by atoms with Gasteiger partial charge in [-0.15, -0.1) is 0 Å². The van der Waals surface area contributed by atoms with Gasteiger partial charge in [-0.25, -0.2) is 4.79 Å². The van der Waals surface area contributed by atoms with Crippen molar-refractivity contribution in [3.8, 4) is 0 Å². The summed E-state index contributed by atoms with van der Waals surface area (Å²) >= 11 is 0. The molecule has 3 atom stereocenters. The number of ether oxygens (including phenoxy) is 1. The molecule has 3 aromatic rings. The molecule has 0 bridgehead atoms. The van der Waals surface area contributed by atoms with Crippen LogP contribution in [0.3, 0.4) is 0 Å². The normalized spacial score (nSPS) is 17.4. The van der Waals surface area contributed by atoms with Crippen molar-refractivity contribution >= 4 is 52.7 Å². The van der Waals surface area contributed by atoms with Crippen molar-refractivity contribution in [2.45, 2.75) is 64.1 Å². The van der Waals surface area contributed by atoms with Crippen LogP contribution in [0.2, 0.25) is 0 Å². The van der Waals surface area contributed by atoms with E-state index in [-0.39, 0.29) is 41.9 Å². The van der Waals surface area contributed by atoms with Crippen molar-refractivity contribution in [1.82, 2.24) is 15.1 Å². The van der Waals surface area contributed by atoms with Gasteiger partial charge in [0.2, 0.25) is 23.6 Å². The third-order valence-electron chi connectivity index (χ3n) is 9.13. The molecule has 0 aliphatic carbocycles. The maximum Gasteiger partial charge on any atom is 0.407 e. The Balaban J connectivity index is 1.12. The summed E-state index contributed by atoms with van der Waals surface area (Å²) in [6.45, 7) is 4.55. The molecule has 2 aliphatic rings. The topological polar surface area (TPSA) is 166 Å². The summed E-state index contributed by atoms with van der Waals surface area (Å²) in [6.07, 6.45) is 2.01. The first-order chi connectivity index (χ1) is 24.5. The Bertz CT molecular complexity index is 1730. The van der Waals surface area contributed by atoms with Crippen LogP contribution < -0.4 is 21.3 Å². The van der Waals surface area contributed by atoms with Crippen molar-refractivity contribution in [1.29, 1.82) is 0 Å². The molecule has 13 nitrogen and oxygen atoms in total. The number of nitrogens with one attached hydrogen (secondary N) is 4. The first-order valence-corrected chi connectivity index (χ1v) is 17.2. The molecule has 5 rings (SSSR count). The van der Waals surface area contributed by atoms with E-state index in [1.807, 2.05) is 44.2 Å². The van der Waals surface area contributed by atoms with Gasteiger partial charge in [0.15, 0.2) is 0 Å². The van der Waals surface area contributed by atoms with Gasteiger partial charge in [0.05, 0.1) is 13.5 Å². The van der Waals surface area contributed by atoms with E-state index < -0.39 is 24.2 Å². The molecule has 2 saturated heterocycles. The zero-order valence-corrected chi connectivity index (χ0v) is 29.0. The fourth-order valence-corrected chi connectivity index (χ4v) is 6.39. The molecular formula is C38H44N6O7. The lowest BCUT2D eigenvalue weighted by molar-refractivity contribution is -0.139. The molecule has 13 heteroatoms. The van der Waals surface area contributed by atoms with Crippen LogP contribution in [0, 0.1) is 5.92 Å². The summed E-state index contributed by atoms with van der Waals surface area (Å²) in [5.74, 6) is -1.60. The standard InChI is InChI=1S/C38H44N6O7/c1-24(2)33(42-38(50)51-3)37(49)44-22-8-12-31(44)36(48)41-29-19-17-28(18-20-29)39-34(46)26-13-15-27(16-14-26)40-35(47)30-11-7-21-43(30)32(45)23-25-9-5-4-6-10-25/h4-6,9-10,13-20,24,30-31,33H,7-8,11-12,21-23H2,1-3H3,(H,39,46)(H,40,47)(H,41,48)(H,42,50). The summed E-state index contributed by atoms with van der Waals surface area (Å²) in [5.41, 5.74) is 2.79. The van der Waals surface area contributed by atoms with Crippen molar-refractivity contribution < 1.29 is 33.5 Å². The summed E-state index contributed by atoms with van der Waals surface area (Å²) in [5, 5.41) is 11.1. The predicted octanol–water partition coefficient (Wildman–Crippen LogP) is 4.42. The third kappa shape index (κ3) is 9.30. The number of carbonyl (C=O) groups is 6. The number of methoxy groups -OCH3 is 1. The molecule has 51 heavy (non-hydrogen) atoms. The van der Waals surface area contributed by atoms with E-state index in [1.165, 1.54) is 12.0 Å². The van der Waals surface area contributed by atoms with Crippen LogP contribution in [0.15, 0.2) is 78.9 Å². The third-order valence-corrected chi connectivity index (χ3v) is 9.13. The average molecular weight is 697 g/mol. The van der Waals surface area contributed by atoms with E-state index in [9.17, 15) is 28.8 Å². The van der Waals surface area contributed by atoms with Crippen molar-refractivity contribution in [3.05, 3.63) is 90.0 Å². The minimum atomic E-state index is -0.825. The molecule has 0 spiro atoms. The van der Waals surface area contributed by atoms with Gasteiger partial charge >= 0.3 is 6.09 Å².